The Kier molecular flexibility index (Phi) is 7.52. The molecule has 0 spiro atoms. The van der Waals surface area contributed by atoms with Crippen molar-refractivity contribution in [2.24, 2.45) is 5.92 Å². The number of aliphatic hydroxyl groups is 1. The van der Waals surface area contributed by atoms with Crippen LogP contribution in [0.3, 0.4) is 0 Å². The van der Waals surface area contributed by atoms with Crippen molar-refractivity contribution in [3.05, 3.63) is 102 Å². The fourth-order valence-corrected chi connectivity index (χ4v) is 5.99. The molecular weight excluding hydrogens is 406 g/mol. The third kappa shape index (κ3) is 4.71. The minimum Gasteiger partial charge on any atom is -0.496 e. The summed E-state index contributed by atoms with van der Waals surface area (Å²) in [5.74, 6) is 0.862. The van der Waals surface area contributed by atoms with Crippen LogP contribution in [0, 0.1) is 5.92 Å². The second-order valence-corrected chi connectivity index (χ2v) is 9.53. The molecule has 0 amide bonds. The lowest BCUT2D eigenvalue weighted by Gasteiger charge is -2.51. The third-order valence-electron chi connectivity index (χ3n) is 7.62. The zero-order valence-electron chi connectivity index (χ0n) is 20.2. The molecule has 3 nitrogen and oxygen atoms in total. The minimum absolute atomic E-state index is 0.0858. The first-order valence-electron chi connectivity index (χ1n) is 12.4. The Bertz CT molecular complexity index is 1010. The molecule has 1 unspecified atom stereocenters. The molecule has 5 atom stereocenters. The molecule has 1 fully saturated rings. The molecule has 0 bridgehead atoms. The predicted octanol–water partition coefficient (Wildman–Crippen LogP) is 5.48. The number of rotatable bonds is 8. The van der Waals surface area contributed by atoms with Crippen molar-refractivity contribution < 1.29 is 14.7 Å². The summed E-state index contributed by atoms with van der Waals surface area (Å²) in [5, 5.41) is 12.7. The number of benzene rings is 3. The monoisotopic (exact) mass is 444 g/mol. The molecule has 3 aromatic carbocycles. The number of para-hydroxylation sites is 1. The lowest BCUT2D eigenvalue weighted by Crippen LogP contribution is -3.12. The Labute approximate surface area is 199 Å². The van der Waals surface area contributed by atoms with Gasteiger partial charge < -0.3 is 14.7 Å². The topological polar surface area (TPSA) is 33.9 Å². The lowest BCUT2D eigenvalue weighted by atomic mass is 9.65. The second-order valence-electron chi connectivity index (χ2n) is 9.53. The van der Waals surface area contributed by atoms with Crippen LogP contribution in [0.2, 0.25) is 0 Å². The van der Waals surface area contributed by atoms with Crippen molar-refractivity contribution >= 4 is 0 Å². The molecule has 0 aromatic heterocycles. The molecule has 0 saturated carbocycles. The van der Waals surface area contributed by atoms with Crippen LogP contribution in [0.4, 0.5) is 0 Å². The fraction of sp³-hybridized carbons (Fsp3) is 0.400. The van der Waals surface area contributed by atoms with E-state index in [2.05, 4.69) is 80.7 Å². The maximum atomic E-state index is 12.7. The largest absolute Gasteiger partial charge is 0.496 e. The van der Waals surface area contributed by atoms with Gasteiger partial charge in [0.15, 0.2) is 0 Å². The summed E-state index contributed by atoms with van der Waals surface area (Å²) >= 11 is 0. The van der Waals surface area contributed by atoms with E-state index in [1.54, 1.807) is 7.11 Å². The summed E-state index contributed by atoms with van der Waals surface area (Å²) in [4.78, 5) is 1.45. The Hall–Kier alpha value is -2.62. The minimum atomic E-state index is -0.985. The standard InChI is InChI=1S/C30H37NO2/c1-4-5-8-20-26-29(24-17-11-7-12-18-24)31(2)27(23-15-9-6-10-16-23)22-30(26,32)25-19-13-14-21-28(25)33-3/h6-7,9-19,21,26-27,29,32H,4-5,8,20,22H2,1-3H3/p+1/t26-,27+,29+,30+/m1/s1. The highest BCUT2D eigenvalue weighted by atomic mass is 16.5. The highest BCUT2D eigenvalue weighted by Gasteiger charge is 2.55. The SMILES string of the molecule is CCCCC[C@@H]1[C@H](c2ccccc2)[NH+](C)[C@H](c2ccccc2)C[C@]1(O)c1ccccc1OC. The van der Waals surface area contributed by atoms with Gasteiger partial charge in [0.2, 0.25) is 0 Å². The van der Waals surface area contributed by atoms with E-state index in [0.717, 1.165) is 24.2 Å². The van der Waals surface area contributed by atoms with Crippen LogP contribution in [0.1, 0.15) is 67.8 Å². The van der Waals surface area contributed by atoms with E-state index in [4.69, 9.17) is 4.74 Å². The number of nitrogens with one attached hydrogen (secondary N) is 1. The van der Waals surface area contributed by atoms with Gasteiger partial charge in [0.25, 0.3) is 0 Å². The van der Waals surface area contributed by atoms with Crippen LogP contribution < -0.4 is 9.64 Å². The Balaban J connectivity index is 1.88. The maximum Gasteiger partial charge on any atom is 0.124 e. The molecule has 174 valence electrons. The first-order valence-corrected chi connectivity index (χ1v) is 12.4. The molecule has 3 aromatic rings. The van der Waals surface area contributed by atoms with Crippen LogP contribution in [0.25, 0.3) is 0 Å². The molecule has 2 N–H and O–H groups in total. The van der Waals surface area contributed by atoms with Crippen molar-refractivity contribution in [3.8, 4) is 5.75 Å². The number of ether oxygens (including phenoxy) is 1. The average molecular weight is 445 g/mol. The van der Waals surface area contributed by atoms with Crippen LogP contribution >= 0.6 is 0 Å². The Morgan fingerprint density at radius 3 is 2.12 bits per heavy atom. The van der Waals surface area contributed by atoms with Crippen molar-refractivity contribution in [2.75, 3.05) is 14.2 Å². The maximum absolute atomic E-state index is 12.7. The smallest absolute Gasteiger partial charge is 0.124 e. The molecule has 1 aliphatic heterocycles. The van der Waals surface area contributed by atoms with Crippen LogP contribution in [-0.2, 0) is 5.60 Å². The van der Waals surface area contributed by atoms with E-state index in [9.17, 15) is 5.11 Å². The molecule has 1 heterocycles. The van der Waals surface area contributed by atoms with Crippen LogP contribution in [-0.4, -0.2) is 19.3 Å². The quantitative estimate of drug-likeness (QED) is 0.451. The number of likely N-dealkylation sites (tertiary alicyclic amines) is 1. The van der Waals surface area contributed by atoms with Gasteiger partial charge >= 0.3 is 0 Å². The van der Waals surface area contributed by atoms with Crippen molar-refractivity contribution in [3.63, 3.8) is 0 Å². The molecule has 0 aliphatic carbocycles. The van der Waals surface area contributed by atoms with Gasteiger partial charge in [-0.3, -0.25) is 0 Å². The fourth-order valence-electron chi connectivity index (χ4n) is 5.99. The highest BCUT2D eigenvalue weighted by molar-refractivity contribution is 5.40. The molecule has 0 radical (unpaired) electrons. The molecule has 3 heteroatoms. The van der Waals surface area contributed by atoms with Gasteiger partial charge in [-0.05, 0) is 12.5 Å². The summed E-state index contributed by atoms with van der Waals surface area (Å²) in [5.41, 5.74) is 2.51. The van der Waals surface area contributed by atoms with E-state index in [0.29, 0.717) is 6.42 Å². The highest BCUT2D eigenvalue weighted by Crippen LogP contribution is 2.50. The van der Waals surface area contributed by atoms with E-state index in [-0.39, 0.29) is 18.0 Å². The van der Waals surface area contributed by atoms with E-state index in [1.165, 1.54) is 28.9 Å². The van der Waals surface area contributed by atoms with E-state index >= 15 is 0 Å². The first-order chi connectivity index (χ1) is 16.1. The summed E-state index contributed by atoms with van der Waals surface area (Å²) in [6, 6.07) is 29.9. The van der Waals surface area contributed by atoms with Gasteiger partial charge in [-0.15, -0.1) is 0 Å². The van der Waals surface area contributed by atoms with Gasteiger partial charge in [0.1, 0.15) is 23.4 Å². The van der Waals surface area contributed by atoms with E-state index in [1.807, 2.05) is 18.2 Å². The number of hydrogen-bond acceptors (Lipinski definition) is 2. The number of methoxy groups -OCH3 is 1. The molecule has 33 heavy (non-hydrogen) atoms. The lowest BCUT2D eigenvalue weighted by molar-refractivity contribution is -0.958. The zero-order valence-corrected chi connectivity index (χ0v) is 20.2. The van der Waals surface area contributed by atoms with Gasteiger partial charge in [0.05, 0.1) is 14.2 Å². The first kappa shape index (κ1) is 23.5. The average Bonchev–Trinajstić information content (AvgIpc) is 2.87. The van der Waals surface area contributed by atoms with E-state index < -0.39 is 5.60 Å². The summed E-state index contributed by atoms with van der Waals surface area (Å²) in [6.07, 6.45) is 5.13. The Morgan fingerprint density at radius 1 is 0.879 bits per heavy atom. The number of quaternary nitrogens is 1. The number of hydrogen-bond donors (Lipinski definition) is 2. The van der Waals surface area contributed by atoms with Crippen molar-refractivity contribution in [1.29, 1.82) is 0 Å². The zero-order chi connectivity index (χ0) is 23.3. The van der Waals surface area contributed by atoms with Crippen molar-refractivity contribution in [2.45, 2.75) is 56.7 Å². The van der Waals surface area contributed by atoms with Crippen molar-refractivity contribution in [1.82, 2.24) is 0 Å². The number of unbranched alkanes of at least 4 members (excludes halogenated alkanes) is 2. The summed E-state index contributed by atoms with van der Waals surface area (Å²) < 4.78 is 5.78. The Morgan fingerprint density at radius 2 is 1.48 bits per heavy atom. The molecule has 1 saturated heterocycles. The summed E-state index contributed by atoms with van der Waals surface area (Å²) in [7, 11) is 4.02. The van der Waals surface area contributed by atoms with Gasteiger partial charge in [-0.2, -0.15) is 0 Å². The van der Waals surface area contributed by atoms with Gasteiger partial charge in [-0.25, -0.2) is 0 Å². The van der Waals surface area contributed by atoms with Crippen LogP contribution in [0.15, 0.2) is 84.9 Å². The van der Waals surface area contributed by atoms with Gasteiger partial charge in [-0.1, -0.05) is 105 Å². The molecule has 1 aliphatic rings. The summed E-state index contributed by atoms with van der Waals surface area (Å²) in [6.45, 7) is 2.24. The predicted molar refractivity (Wildman–Crippen MR) is 134 cm³/mol. The third-order valence-corrected chi connectivity index (χ3v) is 7.62. The van der Waals surface area contributed by atoms with Gasteiger partial charge in [0, 0.05) is 29.0 Å². The van der Waals surface area contributed by atoms with Crippen LogP contribution in [0.5, 0.6) is 5.75 Å². The second kappa shape index (κ2) is 10.5. The number of piperidine rings is 1. The normalized spacial score (nSPS) is 27.3. The molecule has 4 rings (SSSR count). The molecular formula is C30H38NO2+.